The third kappa shape index (κ3) is 2.74. The lowest BCUT2D eigenvalue weighted by Gasteiger charge is -2.53. The van der Waals surface area contributed by atoms with E-state index in [2.05, 4.69) is 43.5 Å². The van der Waals surface area contributed by atoms with Crippen LogP contribution in [0.15, 0.2) is 47.4 Å². The van der Waals surface area contributed by atoms with Gasteiger partial charge in [-0.05, 0) is 108 Å². The Labute approximate surface area is 172 Å². The monoisotopic (exact) mass is 394 g/mol. The van der Waals surface area contributed by atoms with Crippen LogP contribution in [0.5, 0.6) is 5.75 Å². The van der Waals surface area contributed by atoms with Crippen molar-refractivity contribution in [2.45, 2.75) is 61.9 Å². The summed E-state index contributed by atoms with van der Waals surface area (Å²) >= 11 is 1.79. The number of phenolic OH excluding ortho intramolecular Hbond substituents is 1. The van der Waals surface area contributed by atoms with E-state index in [-0.39, 0.29) is 11.5 Å². The lowest BCUT2D eigenvalue weighted by molar-refractivity contribution is -0.0282. The molecule has 3 heteroatoms. The highest BCUT2D eigenvalue weighted by Gasteiger charge is 2.56. The van der Waals surface area contributed by atoms with Crippen molar-refractivity contribution in [2.75, 3.05) is 6.26 Å². The van der Waals surface area contributed by atoms with Gasteiger partial charge in [0.1, 0.15) is 5.75 Å². The number of hydrogen-bond acceptors (Lipinski definition) is 3. The van der Waals surface area contributed by atoms with E-state index in [4.69, 9.17) is 0 Å². The molecule has 0 bridgehead atoms. The minimum absolute atomic E-state index is 0.0625. The second-order valence-electron chi connectivity index (χ2n) is 9.39. The van der Waals surface area contributed by atoms with Gasteiger partial charge in [0.2, 0.25) is 0 Å². The maximum absolute atomic E-state index is 10.8. The molecule has 148 valence electrons. The maximum Gasteiger partial charge on any atom is 0.115 e. The molecule has 2 aromatic rings. The smallest absolute Gasteiger partial charge is 0.115 e. The molecule has 0 aliphatic heterocycles. The van der Waals surface area contributed by atoms with Crippen molar-refractivity contribution >= 4 is 11.8 Å². The molecule has 0 saturated heterocycles. The van der Waals surface area contributed by atoms with Crippen molar-refractivity contribution in [3.8, 4) is 5.75 Å². The van der Waals surface area contributed by atoms with E-state index in [9.17, 15) is 10.2 Å². The van der Waals surface area contributed by atoms with Crippen LogP contribution in [0.2, 0.25) is 0 Å². The zero-order valence-electron chi connectivity index (χ0n) is 16.8. The molecule has 5 rings (SSSR count). The minimum Gasteiger partial charge on any atom is -0.508 e. The van der Waals surface area contributed by atoms with Crippen LogP contribution >= 0.6 is 11.8 Å². The first-order valence-corrected chi connectivity index (χ1v) is 11.9. The molecular weight excluding hydrogens is 364 g/mol. The molecule has 2 aromatic carbocycles. The summed E-state index contributed by atoms with van der Waals surface area (Å²) < 4.78 is 0. The van der Waals surface area contributed by atoms with Gasteiger partial charge in [0.05, 0.1) is 6.10 Å². The van der Waals surface area contributed by atoms with E-state index in [1.165, 1.54) is 21.6 Å². The Morgan fingerprint density at radius 3 is 2.54 bits per heavy atom. The van der Waals surface area contributed by atoms with Crippen LogP contribution in [0.25, 0.3) is 0 Å². The molecular formula is C25H30O2S. The van der Waals surface area contributed by atoms with Gasteiger partial charge in [-0.1, -0.05) is 25.1 Å². The van der Waals surface area contributed by atoms with E-state index in [1.54, 1.807) is 11.8 Å². The quantitative estimate of drug-likeness (QED) is 0.640. The summed E-state index contributed by atoms with van der Waals surface area (Å²) in [5, 5.41) is 20.9. The lowest BCUT2D eigenvalue weighted by Crippen LogP contribution is -2.46. The standard InChI is InChI=1S/C25H30O2S/c1-25-12-11-20-19-8-5-17(26)13-16(19)14-21(15-3-6-18(28-2)7-4-15)24(20)22(25)9-10-23(25)27/h3-8,13,20-24,26-27H,9-12,14H2,1-2H3/t20-,21+,22+,23+,24+,25+/m1/s1. The van der Waals surface area contributed by atoms with Crippen LogP contribution in [-0.2, 0) is 6.42 Å². The molecule has 2 nitrogen and oxygen atoms in total. The van der Waals surface area contributed by atoms with Gasteiger partial charge >= 0.3 is 0 Å². The number of thioether (sulfide) groups is 1. The Hall–Kier alpha value is -1.45. The Morgan fingerprint density at radius 1 is 1.00 bits per heavy atom. The highest BCUT2D eigenvalue weighted by Crippen LogP contribution is 2.63. The van der Waals surface area contributed by atoms with Crippen molar-refractivity contribution in [2.24, 2.45) is 17.3 Å². The first-order valence-electron chi connectivity index (χ1n) is 10.6. The molecule has 2 N–H and O–H groups in total. The van der Waals surface area contributed by atoms with Crippen LogP contribution in [-0.4, -0.2) is 22.6 Å². The average molecular weight is 395 g/mol. The van der Waals surface area contributed by atoms with Gasteiger partial charge in [-0.25, -0.2) is 0 Å². The van der Waals surface area contributed by atoms with Crippen molar-refractivity contribution in [3.63, 3.8) is 0 Å². The number of benzene rings is 2. The second-order valence-corrected chi connectivity index (χ2v) is 10.3. The summed E-state index contributed by atoms with van der Waals surface area (Å²) in [4.78, 5) is 1.30. The lowest BCUT2D eigenvalue weighted by atomic mass is 9.51. The van der Waals surface area contributed by atoms with Gasteiger partial charge in [0.15, 0.2) is 0 Å². The number of phenols is 1. The molecule has 28 heavy (non-hydrogen) atoms. The number of fused-ring (bicyclic) bond motifs is 5. The van der Waals surface area contributed by atoms with Gasteiger partial charge in [-0.15, -0.1) is 11.8 Å². The molecule has 0 heterocycles. The van der Waals surface area contributed by atoms with Gasteiger partial charge in [0, 0.05) is 4.90 Å². The van der Waals surface area contributed by atoms with E-state index >= 15 is 0 Å². The fourth-order valence-corrected chi connectivity index (χ4v) is 7.19. The Balaban J connectivity index is 1.62. The maximum atomic E-state index is 10.8. The first kappa shape index (κ1) is 18.6. The van der Waals surface area contributed by atoms with Crippen LogP contribution in [0.3, 0.4) is 0 Å². The number of aromatic hydroxyl groups is 1. The van der Waals surface area contributed by atoms with Gasteiger partial charge < -0.3 is 10.2 Å². The summed E-state index contributed by atoms with van der Waals surface area (Å²) in [6.45, 7) is 2.34. The van der Waals surface area contributed by atoms with Crippen molar-refractivity contribution < 1.29 is 10.2 Å². The van der Waals surface area contributed by atoms with Crippen LogP contribution in [0.1, 0.15) is 61.1 Å². The molecule has 0 amide bonds. The van der Waals surface area contributed by atoms with E-state index in [1.807, 2.05) is 12.1 Å². The summed E-state index contributed by atoms with van der Waals surface area (Å²) in [6, 6.07) is 15.2. The topological polar surface area (TPSA) is 40.5 Å². The predicted octanol–water partition coefficient (Wildman–Crippen LogP) is 5.72. The summed E-state index contributed by atoms with van der Waals surface area (Å²) in [7, 11) is 0. The highest BCUT2D eigenvalue weighted by atomic mass is 32.2. The molecule has 3 aliphatic carbocycles. The Morgan fingerprint density at radius 2 is 1.79 bits per heavy atom. The summed E-state index contributed by atoms with van der Waals surface area (Å²) in [6.07, 6.45) is 7.31. The molecule has 2 saturated carbocycles. The third-order valence-corrected chi connectivity index (χ3v) is 9.00. The van der Waals surface area contributed by atoms with Crippen LogP contribution in [0.4, 0.5) is 0 Å². The summed E-state index contributed by atoms with van der Waals surface area (Å²) in [5.41, 5.74) is 4.26. The van der Waals surface area contributed by atoms with Crippen LogP contribution < -0.4 is 0 Å². The van der Waals surface area contributed by atoms with Gasteiger partial charge in [-0.2, -0.15) is 0 Å². The average Bonchev–Trinajstić information content (AvgIpc) is 3.02. The van der Waals surface area contributed by atoms with E-state index in [0.29, 0.717) is 29.4 Å². The fourth-order valence-electron chi connectivity index (χ4n) is 6.79. The molecule has 2 fully saturated rings. The third-order valence-electron chi connectivity index (χ3n) is 8.26. The number of aliphatic hydroxyl groups is 1. The zero-order valence-corrected chi connectivity index (χ0v) is 17.6. The molecule has 0 unspecified atom stereocenters. The minimum atomic E-state index is -0.154. The largest absolute Gasteiger partial charge is 0.508 e. The van der Waals surface area contributed by atoms with Gasteiger partial charge in [-0.3, -0.25) is 0 Å². The van der Waals surface area contributed by atoms with Crippen molar-refractivity contribution in [3.05, 3.63) is 59.2 Å². The molecule has 0 spiro atoms. The fraction of sp³-hybridized carbons (Fsp3) is 0.520. The molecule has 0 radical (unpaired) electrons. The molecule has 6 atom stereocenters. The zero-order chi connectivity index (χ0) is 19.5. The highest BCUT2D eigenvalue weighted by molar-refractivity contribution is 7.98. The normalized spacial score (nSPS) is 36.5. The molecule has 0 aromatic heterocycles. The molecule has 3 aliphatic rings. The Kier molecular flexibility index (Phi) is 4.52. The Bertz CT molecular complexity index is 877. The number of aliphatic hydroxyl groups excluding tert-OH is 1. The van der Waals surface area contributed by atoms with E-state index < -0.39 is 0 Å². The van der Waals surface area contributed by atoms with Gasteiger partial charge in [0.25, 0.3) is 0 Å². The van der Waals surface area contributed by atoms with Crippen LogP contribution in [0, 0.1) is 17.3 Å². The summed E-state index contributed by atoms with van der Waals surface area (Å²) in [5.74, 6) is 2.54. The predicted molar refractivity (Wildman–Crippen MR) is 115 cm³/mol. The van der Waals surface area contributed by atoms with Crippen molar-refractivity contribution in [1.29, 1.82) is 0 Å². The number of rotatable bonds is 2. The first-order chi connectivity index (χ1) is 13.5. The number of hydrogen-bond donors (Lipinski definition) is 2. The SMILES string of the molecule is CSc1ccc([C@@H]2Cc3cc(O)ccc3[C@H]3CC[C@]4(C)[C@@H](O)CC[C@H]4[C@@H]32)cc1. The second kappa shape index (κ2) is 6.81. The van der Waals surface area contributed by atoms with Crippen molar-refractivity contribution in [1.82, 2.24) is 0 Å². The van der Waals surface area contributed by atoms with E-state index in [0.717, 1.165) is 32.1 Å².